The minimum absolute atomic E-state index is 0.775. The van der Waals surface area contributed by atoms with Gasteiger partial charge < -0.3 is 11.5 Å². The van der Waals surface area contributed by atoms with Crippen LogP contribution in [0.2, 0.25) is 0 Å². The van der Waals surface area contributed by atoms with Crippen LogP contribution in [0.15, 0.2) is 30.3 Å². The minimum atomic E-state index is 0.775. The maximum atomic E-state index is 6.19. The number of hydrogen-bond donors (Lipinski definition) is 2. The molecule has 0 saturated carbocycles. The van der Waals surface area contributed by atoms with Crippen LogP contribution in [0.5, 0.6) is 0 Å². The van der Waals surface area contributed by atoms with Crippen molar-refractivity contribution in [1.29, 1.82) is 0 Å². The summed E-state index contributed by atoms with van der Waals surface area (Å²) in [5, 5.41) is 2.27. The van der Waals surface area contributed by atoms with E-state index in [0.29, 0.717) is 0 Å². The Labute approximate surface area is 147 Å². The predicted octanol–water partition coefficient (Wildman–Crippen LogP) is 6.47. The number of nitrogens with two attached hydrogens (primary N) is 2. The Morgan fingerprint density at radius 3 is 2.00 bits per heavy atom. The Balaban J connectivity index is 1.66. The summed E-state index contributed by atoms with van der Waals surface area (Å²) in [4.78, 5) is 0. The van der Waals surface area contributed by atoms with Crippen LogP contribution in [0, 0.1) is 0 Å². The van der Waals surface area contributed by atoms with Crippen LogP contribution in [0.3, 0.4) is 0 Å². The molecule has 2 aromatic carbocycles. The van der Waals surface area contributed by atoms with Gasteiger partial charge in [0.05, 0.1) is 0 Å². The van der Waals surface area contributed by atoms with Gasteiger partial charge in [0.1, 0.15) is 0 Å². The molecule has 0 heterocycles. The average molecular weight is 327 g/mol. The molecule has 0 bridgehead atoms. The maximum absolute atomic E-state index is 6.19. The van der Waals surface area contributed by atoms with Gasteiger partial charge in [-0.15, -0.1) is 0 Å². The lowest BCUT2D eigenvalue weighted by atomic mass is 9.99. The molecule has 0 saturated heterocycles. The van der Waals surface area contributed by atoms with E-state index in [0.717, 1.165) is 23.2 Å². The first-order valence-corrected chi connectivity index (χ1v) is 9.78. The first-order chi connectivity index (χ1) is 11.7. The molecule has 0 aliphatic heterocycles. The Morgan fingerprint density at radius 1 is 0.708 bits per heavy atom. The van der Waals surface area contributed by atoms with Gasteiger partial charge in [0.25, 0.3) is 0 Å². The molecule has 2 nitrogen and oxygen atoms in total. The SMILES string of the molecule is CCCCCCCCCCCCc1cc(N)c2cc(N)ccc2c1. The molecule has 0 aliphatic carbocycles. The molecule has 2 rings (SSSR count). The molecule has 132 valence electrons. The summed E-state index contributed by atoms with van der Waals surface area (Å²) in [5.41, 5.74) is 15.0. The monoisotopic (exact) mass is 326 g/mol. The molecule has 0 aliphatic rings. The van der Waals surface area contributed by atoms with Crippen LogP contribution in [0.1, 0.15) is 76.7 Å². The van der Waals surface area contributed by atoms with Crippen molar-refractivity contribution in [2.45, 2.75) is 77.6 Å². The predicted molar refractivity (Wildman–Crippen MR) is 108 cm³/mol. The third kappa shape index (κ3) is 6.07. The van der Waals surface area contributed by atoms with E-state index in [9.17, 15) is 0 Å². The molecule has 0 spiro atoms. The number of hydrogen-bond acceptors (Lipinski definition) is 2. The van der Waals surface area contributed by atoms with E-state index in [1.54, 1.807) is 0 Å². The van der Waals surface area contributed by atoms with Crippen LogP contribution in [0.25, 0.3) is 10.8 Å². The van der Waals surface area contributed by atoms with E-state index in [-0.39, 0.29) is 0 Å². The van der Waals surface area contributed by atoms with Crippen molar-refractivity contribution in [2.24, 2.45) is 0 Å². The number of fused-ring (bicyclic) bond motifs is 1. The van der Waals surface area contributed by atoms with Gasteiger partial charge in [0, 0.05) is 16.8 Å². The van der Waals surface area contributed by atoms with Gasteiger partial charge in [-0.05, 0) is 42.0 Å². The van der Waals surface area contributed by atoms with Crippen LogP contribution in [-0.4, -0.2) is 0 Å². The summed E-state index contributed by atoms with van der Waals surface area (Å²) < 4.78 is 0. The summed E-state index contributed by atoms with van der Waals surface area (Å²) in [6.07, 6.45) is 14.9. The van der Waals surface area contributed by atoms with Crippen molar-refractivity contribution < 1.29 is 0 Å². The molecule has 0 fully saturated rings. The van der Waals surface area contributed by atoms with Gasteiger partial charge in [-0.3, -0.25) is 0 Å². The van der Waals surface area contributed by atoms with Crippen LogP contribution < -0.4 is 11.5 Å². The van der Waals surface area contributed by atoms with Gasteiger partial charge in [0.15, 0.2) is 0 Å². The number of anilines is 2. The van der Waals surface area contributed by atoms with Crippen molar-refractivity contribution in [3.63, 3.8) is 0 Å². The van der Waals surface area contributed by atoms with E-state index < -0.39 is 0 Å². The first-order valence-electron chi connectivity index (χ1n) is 9.78. The Kier molecular flexibility index (Phi) is 7.94. The highest BCUT2D eigenvalue weighted by atomic mass is 14.6. The normalized spacial score (nSPS) is 11.2. The van der Waals surface area contributed by atoms with E-state index in [2.05, 4.69) is 25.1 Å². The molecule has 2 aromatic rings. The molecule has 4 N–H and O–H groups in total. The lowest BCUT2D eigenvalue weighted by Crippen LogP contribution is -1.94. The average Bonchev–Trinajstić information content (AvgIpc) is 2.57. The van der Waals surface area contributed by atoms with Crippen molar-refractivity contribution in [1.82, 2.24) is 0 Å². The van der Waals surface area contributed by atoms with Crippen LogP contribution >= 0.6 is 0 Å². The van der Waals surface area contributed by atoms with Crippen LogP contribution in [-0.2, 0) is 6.42 Å². The van der Waals surface area contributed by atoms with Crippen molar-refractivity contribution in [3.05, 3.63) is 35.9 Å². The summed E-state index contributed by atoms with van der Waals surface area (Å²) >= 11 is 0. The number of benzene rings is 2. The standard InChI is InChI=1S/C22H34N2/c1-2-3-4-5-6-7-8-9-10-11-12-18-15-19-13-14-20(23)17-21(19)22(24)16-18/h13-17H,2-12,23-24H2,1H3. The number of rotatable bonds is 11. The van der Waals surface area contributed by atoms with Crippen molar-refractivity contribution >= 4 is 22.1 Å². The molecular weight excluding hydrogens is 292 g/mol. The second-order valence-corrected chi connectivity index (χ2v) is 7.10. The molecule has 0 amide bonds. The lowest BCUT2D eigenvalue weighted by molar-refractivity contribution is 0.556. The fourth-order valence-corrected chi connectivity index (χ4v) is 3.43. The highest BCUT2D eigenvalue weighted by Gasteiger charge is 2.03. The smallest absolute Gasteiger partial charge is 0.0397 e. The molecule has 0 aromatic heterocycles. The summed E-state index contributed by atoms with van der Waals surface area (Å²) in [7, 11) is 0. The minimum Gasteiger partial charge on any atom is -0.399 e. The van der Waals surface area contributed by atoms with E-state index in [1.807, 2.05) is 12.1 Å². The quantitative estimate of drug-likeness (QED) is 0.367. The fourth-order valence-electron chi connectivity index (χ4n) is 3.43. The molecular formula is C22H34N2. The zero-order valence-electron chi connectivity index (χ0n) is 15.3. The van der Waals surface area contributed by atoms with E-state index in [1.165, 1.54) is 75.2 Å². The number of unbranched alkanes of at least 4 members (excludes halogenated alkanes) is 9. The first kappa shape index (κ1) is 18.6. The topological polar surface area (TPSA) is 52.0 Å². The Bertz CT molecular complexity index is 619. The van der Waals surface area contributed by atoms with Gasteiger partial charge in [-0.25, -0.2) is 0 Å². The highest BCUT2D eigenvalue weighted by Crippen LogP contribution is 2.26. The zero-order chi connectivity index (χ0) is 17.2. The highest BCUT2D eigenvalue weighted by molar-refractivity contribution is 5.95. The van der Waals surface area contributed by atoms with Gasteiger partial charge in [-0.2, -0.15) is 0 Å². The maximum Gasteiger partial charge on any atom is 0.0397 e. The van der Waals surface area contributed by atoms with E-state index in [4.69, 9.17) is 11.5 Å². The van der Waals surface area contributed by atoms with Crippen LogP contribution in [0.4, 0.5) is 11.4 Å². The molecule has 0 unspecified atom stereocenters. The number of aryl methyl sites for hydroxylation is 1. The molecule has 0 atom stereocenters. The third-order valence-corrected chi connectivity index (χ3v) is 4.89. The Morgan fingerprint density at radius 2 is 1.33 bits per heavy atom. The second kappa shape index (κ2) is 10.2. The summed E-state index contributed by atoms with van der Waals surface area (Å²) in [6.45, 7) is 2.28. The number of nitrogen functional groups attached to an aromatic ring is 2. The van der Waals surface area contributed by atoms with Crippen molar-refractivity contribution in [2.75, 3.05) is 11.5 Å². The zero-order valence-corrected chi connectivity index (χ0v) is 15.3. The Hall–Kier alpha value is -1.70. The van der Waals surface area contributed by atoms with Gasteiger partial charge >= 0.3 is 0 Å². The lowest BCUT2D eigenvalue weighted by Gasteiger charge is -2.08. The molecule has 0 radical (unpaired) electrons. The van der Waals surface area contributed by atoms with Gasteiger partial charge in [0.2, 0.25) is 0 Å². The third-order valence-electron chi connectivity index (χ3n) is 4.89. The van der Waals surface area contributed by atoms with E-state index >= 15 is 0 Å². The second-order valence-electron chi connectivity index (χ2n) is 7.10. The fraction of sp³-hybridized carbons (Fsp3) is 0.545. The molecule has 2 heteroatoms. The van der Waals surface area contributed by atoms with Crippen molar-refractivity contribution in [3.8, 4) is 0 Å². The largest absolute Gasteiger partial charge is 0.399 e. The summed E-state index contributed by atoms with van der Waals surface area (Å²) in [5.74, 6) is 0. The molecule has 24 heavy (non-hydrogen) atoms. The van der Waals surface area contributed by atoms with Gasteiger partial charge in [-0.1, -0.05) is 76.8 Å². The summed E-state index contributed by atoms with van der Waals surface area (Å²) in [6, 6.07) is 10.4.